The molecule has 0 saturated carbocycles. The van der Waals surface area contributed by atoms with Crippen molar-refractivity contribution in [3.05, 3.63) is 64.4 Å². The third kappa shape index (κ3) is 3.66. The number of carbonyl (C=O) groups excluding carboxylic acids is 2. The van der Waals surface area contributed by atoms with E-state index in [9.17, 15) is 19.1 Å². The van der Waals surface area contributed by atoms with Crippen molar-refractivity contribution in [3.8, 4) is 5.75 Å². The van der Waals surface area contributed by atoms with Crippen molar-refractivity contribution < 1.29 is 19.1 Å². The highest BCUT2D eigenvalue weighted by Crippen LogP contribution is 2.25. The van der Waals surface area contributed by atoms with Gasteiger partial charge in [0.15, 0.2) is 17.3 Å². The highest BCUT2D eigenvalue weighted by molar-refractivity contribution is 6.30. The second-order valence-electron chi connectivity index (χ2n) is 6.08. The van der Waals surface area contributed by atoms with Gasteiger partial charge in [0.2, 0.25) is 0 Å². The molecule has 0 spiro atoms. The summed E-state index contributed by atoms with van der Waals surface area (Å²) in [4.78, 5) is 26.5. The molecule has 0 atom stereocenters. The normalized spacial score (nSPS) is 15.2. The largest absolute Gasteiger partial charge is 0.505 e. The molecule has 1 amide bonds. The van der Waals surface area contributed by atoms with E-state index in [4.69, 9.17) is 11.6 Å². The molecule has 3 rings (SSSR count). The van der Waals surface area contributed by atoms with Gasteiger partial charge in [0.25, 0.3) is 5.91 Å². The van der Waals surface area contributed by atoms with E-state index in [1.54, 1.807) is 24.3 Å². The third-order valence-corrected chi connectivity index (χ3v) is 4.74. The topological polar surface area (TPSA) is 57.6 Å². The van der Waals surface area contributed by atoms with Crippen molar-refractivity contribution >= 4 is 23.3 Å². The number of rotatable bonds is 3. The molecule has 1 saturated heterocycles. The van der Waals surface area contributed by atoms with E-state index in [-0.39, 0.29) is 17.3 Å². The molecule has 1 fully saturated rings. The Kier molecular flexibility index (Phi) is 5.04. The van der Waals surface area contributed by atoms with Crippen molar-refractivity contribution in [1.82, 2.24) is 4.90 Å². The molecule has 0 radical (unpaired) electrons. The molecule has 2 aromatic carbocycles. The molecule has 0 aromatic heterocycles. The van der Waals surface area contributed by atoms with Crippen molar-refractivity contribution in [3.63, 3.8) is 0 Å². The number of carbonyl (C=O) groups is 2. The summed E-state index contributed by atoms with van der Waals surface area (Å²) in [6.45, 7) is 0.746. The van der Waals surface area contributed by atoms with E-state index in [1.165, 1.54) is 23.1 Å². The quantitative estimate of drug-likeness (QED) is 0.843. The van der Waals surface area contributed by atoms with Crippen LogP contribution in [0.25, 0.3) is 0 Å². The predicted molar refractivity (Wildman–Crippen MR) is 92.5 cm³/mol. The number of nitrogens with zero attached hydrogens (tertiary/aromatic N) is 1. The Labute approximate surface area is 149 Å². The number of Topliss-reactive ketones (excluding diaryl/α,β-unsaturated/α-hetero) is 1. The molecule has 130 valence electrons. The van der Waals surface area contributed by atoms with Gasteiger partial charge >= 0.3 is 0 Å². The van der Waals surface area contributed by atoms with E-state index in [0.717, 1.165) is 0 Å². The number of aromatic hydroxyl groups is 1. The SMILES string of the molecule is O=C(c1ccc(Cl)cc1)C1CCN(C(=O)c2cccc(O)c2F)CC1. The fourth-order valence-corrected chi connectivity index (χ4v) is 3.18. The van der Waals surface area contributed by atoms with E-state index in [2.05, 4.69) is 0 Å². The average Bonchev–Trinajstić information content (AvgIpc) is 2.64. The number of halogens is 2. The Hall–Kier alpha value is -2.40. The molecular weight excluding hydrogens is 345 g/mol. The van der Waals surface area contributed by atoms with E-state index in [1.807, 2.05) is 0 Å². The lowest BCUT2D eigenvalue weighted by atomic mass is 9.88. The van der Waals surface area contributed by atoms with Gasteiger partial charge in [-0.05, 0) is 49.2 Å². The number of hydrogen-bond acceptors (Lipinski definition) is 3. The van der Waals surface area contributed by atoms with E-state index >= 15 is 0 Å². The van der Waals surface area contributed by atoms with Gasteiger partial charge in [-0.15, -0.1) is 0 Å². The molecule has 6 heteroatoms. The maximum absolute atomic E-state index is 13.9. The van der Waals surface area contributed by atoms with Gasteiger partial charge in [-0.3, -0.25) is 9.59 Å². The van der Waals surface area contributed by atoms with Crippen LogP contribution >= 0.6 is 11.6 Å². The molecule has 1 aliphatic rings. The molecule has 25 heavy (non-hydrogen) atoms. The van der Waals surface area contributed by atoms with Crippen LogP contribution in [0.5, 0.6) is 5.75 Å². The fourth-order valence-electron chi connectivity index (χ4n) is 3.05. The highest BCUT2D eigenvalue weighted by Gasteiger charge is 2.29. The lowest BCUT2D eigenvalue weighted by Crippen LogP contribution is -2.40. The van der Waals surface area contributed by atoms with Crippen molar-refractivity contribution in [2.75, 3.05) is 13.1 Å². The minimum Gasteiger partial charge on any atom is -0.505 e. The van der Waals surface area contributed by atoms with Crippen LogP contribution < -0.4 is 0 Å². The minimum atomic E-state index is -0.910. The Morgan fingerprint density at radius 2 is 1.72 bits per heavy atom. The zero-order valence-electron chi connectivity index (χ0n) is 13.4. The molecule has 1 heterocycles. The zero-order valence-corrected chi connectivity index (χ0v) is 14.2. The van der Waals surface area contributed by atoms with Gasteiger partial charge in [0, 0.05) is 29.6 Å². The summed E-state index contributed by atoms with van der Waals surface area (Å²) in [5.74, 6) is -2.05. The number of phenolic OH excluding ortho intramolecular Hbond substituents is 1. The lowest BCUT2D eigenvalue weighted by Gasteiger charge is -2.31. The Morgan fingerprint density at radius 1 is 1.08 bits per heavy atom. The molecule has 0 unspecified atom stereocenters. The first kappa shape index (κ1) is 17.4. The molecular formula is C19H17ClFNO3. The van der Waals surface area contributed by atoms with Gasteiger partial charge in [-0.2, -0.15) is 0 Å². The number of phenols is 1. The number of ketones is 1. The maximum Gasteiger partial charge on any atom is 0.256 e. The standard InChI is InChI=1S/C19H17ClFNO3/c20-14-6-4-12(5-7-14)18(24)13-8-10-22(11-9-13)19(25)15-2-1-3-16(23)17(15)21/h1-7,13,23H,8-11H2. The number of piperidine rings is 1. The first-order chi connectivity index (χ1) is 12.0. The molecule has 1 N–H and O–H groups in total. The molecule has 0 bridgehead atoms. The highest BCUT2D eigenvalue weighted by atomic mass is 35.5. The summed E-state index contributed by atoms with van der Waals surface area (Å²) in [6, 6.07) is 10.7. The Balaban J connectivity index is 1.65. The van der Waals surface area contributed by atoms with Crippen LogP contribution in [0.15, 0.2) is 42.5 Å². The molecule has 2 aromatic rings. The zero-order chi connectivity index (χ0) is 18.0. The van der Waals surface area contributed by atoms with Crippen molar-refractivity contribution in [2.24, 2.45) is 5.92 Å². The van der Waals surface area contributed by atoms with Gasteiger partial charge in [-0.25, -0.2) is 4.39 Å². The van der Waals surface area contributed by atoms with E-state index in [0.29, 0.717) is 36.5 Å². The third-order valence-electron chi connectivity index (χ3n) is 4.49. The van der Waals surface area contributed by atoms with Crippen LogP contribution in [0.4, 0.5) is 4.39 Å². The Bertz CT molecular complexity index is 799. The summed E-state index contributed by atoms with van der Waals surface area (Å²) in [6.07, 6.45) is 1.04. The number of amides is 1. The average molecular weight is 362 g/mol. The summed E-state index contributed by atoms with van der Waals surface area (Å²) in [5.41, 5.74) is 0.454. The second-order valence-corrected chi connectivity index (χ2v) is 6.51. The lowest BCUT2D eigenvalue weighted by molar-refractivity contribution is 0.0646. The summed E-state index contributed by atoms with van der Waals surface area (Å²) >= 11 is 5.83. The summed E-state index contributed by atoms with van der Waals surface area (Å²) in [7, 11) is 0. The van der Waals surface area contributed by atoms with Gasteiger partial charge in [0.05, 0.1) is 5.56 Å². The van der Waals surface area contributed by atoms with Gasteiger partial charge in [-0.1, -0.05) is 17.7 Å². The number of benzene rings is 2. The second kappa shape index (κ2) is 7.23. The van der Waals surface area contributed by atoms with Crippen LogP contribution in [0.1, 0.15) is 33.6 Å². The van der Waals surface area contributed by atoms with Crippen molar-refractivity contribution in [2.45, 2.75) is 12.8 Å². The van der Waals surface area contributed by atoms with Crippen LogP contribution in [0.3, 0.4) is 0 Å². The van der Waals surface area contributed by atoms with Crippen LogP contribution in [0.2, 0.25) is 5.02 Å². The monoisotopic (exact) mass is 361 g/mol. The van der Waals surface area contributed by atoms with Gasteiger partial charge < -0.3 is 10.0 Å². The van der Waals surface area contributed by atoms with E-state index < -0.39 is 17.5 Å². The summed E-state index contributed by atoms with van der Waals surface area (Å²) < 4.78 is 13.9. The minimum absolute atomic E-state index is 0.0345. The molecule has 4 nitrogen and oxygen atoms in total. The smallest absolute Gasteiger partial charge is 0.256 e. The first-order valence-electron chi connectivity index (χ1n) is 8.04. The maximum atomic E-state index is 13.9. The number of likely N-dealkylation sites (tertiary alicyclic amines) is 1. The van der Waals surface area contributed by atoms with Crippen LogP contribution in [-0.4, -0.2) is 34.8 Å². The first-order valence-corrected chi connectivity index (χ1v) is 8.41. The summed E-state index contributed by atoms with van der Waals surface area (Å²) in [5, 5.41) is 9.98. The number of hydrogen-bond donors (Lipinski definition) is 1. The van der Waals surface area contributed by atoms with Gasteiger partial charge in [0.1, 0.15) is 0 Å². The predicted octanol–water partition coefficient (Wildman–Crippen LogP) is 3.92. The van der Waals surface area contributed by atoms with Crippen molar-refractivity contribution in [1.29, 1.82) is 0 Å². The molecule has 0 aliphatic carbocycles. The van der Waals surface area contributed by atoms with Crippen LogP contribution in [0, 0.1) is 11.7 Å². The van der Waals surface area contributed by atoms with Crippen LogP contribution in [-0.2, 0) is 0 Å². The molecule has 1 aliphatic heterocycles. The fraction of sp³-hybridized carbons (Fsp3) is 0.263. The Morgan fingerprint density at radius 3 is 2.36 bits per heavy atom.